The molecule has 5 heterocycles. The predicted octanol–water partition coefficient (Wildman–Crippen LogP) is 4.70. The first-order chi connectivity index (χ1) is 16.7. The van der Waals surface area contributed by atoms with Gasteiger partial charge in [0.25, 0.3) is 11.1 Å². The number of hydrogen-bond acceptors (Lipinski definition) is 9. The average Bonchev–Trinajstić information content (AvgIpc) is 3.48. The molecule has 0 N–H and O–H groups in total. The lowest BCUT2D eigenvalue weighted by molar-refractivity contribution is 0.0579. The van der Waals surface area contributed by atoms with Crippen LogP contribution in [-0.4, -0.2) is 49.9 Å². The van der Waals surface area contributed by atoms with Gasteiger partial charge in [0.05, 0.1) is 10.3 Å². The molecule has 9 nitrogen and oxygen atoms in total. The van der Waals surface area contributed by atoms with Crippen LogP contribution in [0.15, 0.2) is 65.7 Å². The summed E-state index contributed by atoms with van der Waals surface area (Å²) in [6.45, 7) is 1.19. The molecule has 5 aromatic rings. The number of aromatic nitrogens is 4. The lowest BCUT2D eigenvalue weighted by Gasteiger charge is -2.31. The van der Waals surface area contributed by atoms with Crippen molar-refractivity contribution in [2.24, 2.45) is 0 Å². The molecular formula is C24H19N5O4S. The first-order valence-corrected chi connectivity index (χ1v) is 11.7. The molecule has 0 spiro atoms. The maximum Gasteiger partial charge on any atom is 0.316 e. The summed E-state index contributed by atoms with van der Waals surface area (Å²) in [4.78, 5) is 31.8. The largest absolute Gasteiger partial charge is 0.463 e. The minimum Gasteiger partial charge on any atom is -0.463 e. The summed E-state index contributed by atoms with van der Waals surface area (Å²) in [6.07, 6.45) is 7.94. The minimum absolute atomic E-state index is 0.00930. The summed E-state index contributed by atoms with van der Waals surface area (Å²) in [7, 11) is 0. The van der Waals surface area contributed by atoms with Crippen LogP contribution < -0.4 is 9.47 Å². The zero-order valence-electron chi connectivity index (χ0n) is 18.0. The Bertz CT molecular complexity index is 1430. The van der Waals surface area contributed by atoms with Crippen molar-refractivity contribution in [3.8, 4) is 17.0 Å². The summed E-state index contributed by atoms with van der Waals surface area (Å²) in [5.41, 5.74) is 1.77. The summed E-state index contributed by atoms with van der Waals surface area (Å²) >= 11 is 1.42. The predicted molar refractivity (Wildman–Crippen MR) is 125 cm³/mol. The second-order valence-corrected chi connectivity index (χ2v) is 8.85. The zero-order valence-corrected chi connectivity index (χ0v) is 18.8. The van der Waals surface area contributed by atoms with E-state index < -0.39 is 0 Å². The third kappa shape index (κ3) is 4.03. The number of pyridine rings is 1. The van der Waals surface area contributed by atoms with Gasteiger partial charge in [0, 0.05) is 56.0 Å². The molecule has 4 aromatic heterocycles. The van der Waals surface area contributed by atoms with Crippen LogP contribution in [0.5, 0.6) is 17.0 Å². The third-order valence-electron chi connectivity index (χ3n) is 5.67. The Kier molecular flexibility index (Phi) is 5.27. The fraction of sp³-hybridized carbons (Fsp3) is 0.208. The SMILES string of the molecule is O=C(c1coc2cc(Oc3nc4ncccc4s3)ccc12)N1CCC(Oc2ncccn2)CC1. The number of ether oxygens (including phenoxy) is 2. The van der Waals surface area contributed by atoms with E-state index in [-0.39, 0.29) is 12.0 Å². The lowest BCUT2D eigenvalue weighted by atomic mass is 10.1. The molecular weight excluding hydrogens is 454 g/mol. The van der Waals surface area contributed by atoms with Crippen molar-refractivity contribution in [3.63, 3.8) is 0 Å². The van der Waals surface area contributed by atoms with E-state index in [1.54, 1.807) is 30.7 Å². The summed E-state index contributed by atoms with van der Waals surface area (Å²) in [5.74, 6) is 0.528. The number of rotatable bonds is 5. The van der Waals surface area contributed by atoms with Crippen molar-refractivity contribution >= 4 is 38.6 Å². The normalized spacial score (nSPS) is 14.5. The standard InChI is InChI=1S/C24H19N5O4S/c30-22(29-11-6-15(7-12-29)32-23-26-9-2-10-27-23)18-14-31-19-13-16(4-5-17(18)19)33-24-28-21-20(34-24)3-1-8-25-21/h1-5,8-10,13-15H,6-7,11-12H2. The second kappa shape index (κ2) is 8.71. The van der Waals surface area contributed by atoms with Gasteiger partial charge in [-0.05, 0) is 30.3 Å². The smallest absolute Gasteiger partial charge is 0.316 e. The average molecular weight is 474 g/mol. The Morgan fingerprint density at radius 1 is 1.06 bits per heavy atom. The Balaban J connectivity index is 1.13. The van der Waals surface area contributed by atoms with Gasteiger partial charge in [-0.3, -0.25) is 4.79 Å². The number of amides is 1. The lowest BCUT2D eigenvalue weighted by Crippen LogP contribution is -2.41. The zero-order chi connectivity index (χ0) is 22.9. The van der Waals surface area contributed by atoms with Crippen molar-refractivity contribution in [3.05, 3.63) is 66.8 Å². The van der Waals surface area contributed by atoms with Gasteiger partial charge >= 0.3 is 6.01 Å². The van der Waals surface area contributed by atoms with Gasteiger partial charge < -0.3 is 18.8 Å². The topological polar surface area (TPSA) is 103 Å². The van der Waals surface area contributed by atoms with E-state index in [1.165, 1.54) is 17.6 Å². The maximum atomic E-state index is 13.2. The van der Waals surface area contributed by atoms with Crippen molar-refractivity contribution in [2.45, 2.75) is 18.9 Å². The van der Waals surface area contributed by atoms with Gasteiger partial charge in [0.15, 0.2) is 5.65 Å². The van der Waals surface area contributed by atoms with Crippen LogP contribution in [0.4, 0.5) is 0 Å². The van der Waals surface area contributed by atoms with Crippen molar-refractivity contribution in [1.29, 1.82) is 0 Å². The Morgan fingerprint density at radius 2 is 1.88 bits per heavy atom. The highest BCUT2D eigenvalue weighted by molar-refractivity contribution is 7.20. The number of likely N-dealkylation sites (tertiary alicyclic amines) is 1. The van der Waals surface area contributed by atoms with Crippen LogP contribution >= 0.6 is 11.3 Å². The van der Waals surface area contributed by atoms with Gasteiger partial charge in [-0.2, -0.15) is 4.98 Å². The number of hydrogen-bond donors (Lipinski definition) is 0. The Morgan fingerprint density at radius 3 is 2.71 bits per heavy atom. The quantitative estimate of drug-likeness (QED) is 0.362. The van der Waals surface area contributed by atoms with E-state index in [4.69, 9.17) is 13.9 Å². The number of carbonyl (C=O) groups excluding carboxylic acids is 1. The Hall–Kier alpha value is -4.05. The molecule has 0 radical (unpaired) electrons. The van der Waals surface area contributed by atoms with Crippen LogP contribution in [0, 0.1) is 0 Å². The van der Waals surface area contributed by atoms with E-state index >= 15 is 0 Å². The van der Waals surface area contributed by atoms with Gasteiger partial charge in [-0.1, -0.05) is 11.3 Å². The second-order valence-electron chi connectivity index (χ2n) is 7.86. The summed E-state index contributed by atoms with van der Waals surface area (Å²) in [6, 6.07) is 11.4. The fourth-order valence-corrected chi connectivity index (χ4v) is 4.77. The van der Waals surface area contributed by atoms with Crippen LogP contribution in [0.1, 0.15) is 23.2 Å². The molecule has 1 amide bonds. The monoisotopic (exact) mass is 473 g/mol. The van der Waals surface area contributed by atoms with Crippen molar-refractivity contribution in [1.82, 2.24) is 24.8 Å². The first kappa shape index (κ1) is 20.5. The minimum atomic E-state index is -0.0564. The highest BCUT2D eigenvalue weighted by Gasteiger charge is 2.27. The van der Waals surface area contributed by atoms with Crippen LogP contribution in [0.2, 0.25) is 0 Å². The number of nitrogens with zero attached hydrogens (tertiary/aromatic N) is 5. The van der Waals surface area contributed by atoms with E-state index in [0.29, 0.717) is 46.8 Å². The van der Waals surface area contributed by atoms with Gasteiger partial charge in [-0.25, -0.2) is 15.0 Å². The molecule has 1 aliphatic heterocycles. The number of carbonyl (C=O) groups is 1. The third-order valence-corrected chi connectivity index (χ3v) is 6.56. The summed E-state index contributed by atoms with van der Waals surface area (Å²) < 4.78 is 18.4. The number of fused-ring (bicyclic) bond motifs is 2. The van der Waals surface area contributed by atoms with Gasteiger partial charge in [0.2, 0.25) is 0 Å². The number of benzene rings is 1. The molecule has 10 heteroatoms. The maximum absolute atomic E-state index is 13.2. The number of furan rings is 1. The number of piperidine rings is 1. The van der Waals surface area contributed by atoms with E-state index in [9.17, 15) is 4.79 Å². The molecule has 6 rings (SSSR count). The molecule has 1 saturated heterocycles. The highest BCUT2D eigenvalue weighted by atomic mass is 32.1. The molecule has 1 aliphatic rings. The van der Waals surface area contributed by atoms with Crippen LogP contribution in [-0.2, 0) is 0 Å². The molecule has 0 bridgehead atoms. The fourth-order valence-electron chi connectivity index (χ4n) is 3.97. The van der Waals surface area contributed by atoms with Gasteiger partial charge in [-0.15, -0.1) is 0 Å². The molecule has 1 fully saturated rings. The first-order valence-electron chi connectivity index (χ1n) is 10.9. The highest BCUT2D eigenvalue weighted by Crippen LogP contribution is 2.33. The van der Waals surface area contributed by atoms with E-state index in [1.807, 2.05) is 29.2 Å². The molecule has 170 valence electrons. The molecule has 0 atom stereocenters. The summed E-state index contributed by atoms with van der Waals surface area (Å²) in [5, 5.41) is 1.25. The van der Waals surface area contributed by atoms with Crippen LogP contribution in [0.25, 0.3) is 21.3 Å². The molecule has 0 aliphatic carbocycles. The van der Waals surface area contributed by atoms with E-state index in [2.05, 4.69) is 19.9 Å². The van der Waals surface area contributed by atoms with Gasteiger partial charge in [0.1, 0.15) is 23.7 Å². The van der Waals surface area contributed by atoms with Crippen molar-refractivity contribution in [2.75, 3.05) is 13.1 Å². The molecule has 34 heavy (non-hydrogen) atoms. The van der Waals surface area contributed by atoms with Crippen LogP contribution in [0.3, 0.4) is 0 Å². The number of thiazole rings is 1. The van der Waals surface area contributed by atoms with Crippen molar-refractivity contribution < 1.29 is 18.7 Å². The molecule has 1 aromatic carbocycles. The molecule has 0 unspecified atom stereocenters. The molecule has 0 saturated carbocycles. The van der Waals surface area contributed by atoms with E-state index in [0.717, 1.165) is 22.9 Å². The Labute approximate surface area is 198 Å².